The van der Waals surface area contributed by atoms with Crippen LogP contribution in [0.25, 0.3) is 0 Å². The summed E-state index contributed by atoms with van der Waals surface area (Å²) < 4.78 is 40.5. The molecule has 2 unspecified atom stereocenters. The van der Waals surface area contributed by atoms with Gasteiger partial charge in [-0.2, -0.15) is 13.2 Å². The van der Waals surface area contributed by atoms with Gasteiger partial charge in [0.05, 0.1) is 11.0 Å². The third-order valence-corrected chi connectivity index (χ3v) is 5.41. The molecule has 1 N–H and O–H groups in total. The lowest BCUT2D eigenvalue weighted by atomic mass is 9.68. The molecule has 0 saturated carbocycles. The zero-order valence-electron chi connectivity index (χ0n) is 14.0. The monoisotopic (exact) mass is 340 g/mol. The number of hydrogen-bond acceptors (Lipinski definition) is 2. The van der Waals surface area contributed by atoms with Crippen molar-refractivity contribution < 1.29 is 18.0 Å². The second-order valence-electron chi connectivity index (χ2n) is 7.13. The minimum atomic E-state index is -4.41. The van der Waals surface area contributed by atoms with Gasteiger partial charge in [0.1, 0.15) is 0 Å². The highest BCUT2D eigenvalue weighted by molar-refractivity contribution is 5.87. The summed E-state index contributed by atoms with van der Waals surface area (Å²) in [5.41, 5.74) is -1.12. The summed E-state index contributed by atoms with van der Waals surface area (Å²) in [4.78, 5) is 14.8. The van der Waals surface area contributed by atoms with E-state index in [1.54, 1.807) is 17.0 Å². The molecule has 2 aliphatic heterocycles. The van der Waals surface area contributed by atoms with E-state index < -0.39 is 23.1 Å². The molecule has 1 aromatic carbocycles. The second-order valence-corrected chi connectivity index (χ2v) is 7.13. The predicted molar refractivity (Wildman–Crippen MR) is 85.6 cm³/mol. The normalized spacial score (nSPS) is 28.2. The van der Waals surface area contributed by atoms with Crippen molar-refractivity contribution >= 4 is 5.91 Å². The van der Waals surface area contributed by atoms with Crippen LogP contribution in [-0.2, 0) is 11.0 Å². The zero-order valence-corrected chi connectivity index (χ0v) is 14.0. The van der Waals surface area contributed by atoms with Crippen molar-refractivity contribution in [2.75, 3.05) is 19.6 Å². The van der Waals surface area contributed by atoms with E-state index in [1.807, 2.05) is 13.8 Å². The van der Waals surface area contributed by atoms with Crippen molar-refractivity contribution in [2.45, 2.75) is 44.8 Å². The molecule has 3 nitrogen and oxygen atoms in total. The standard InChI is InChI=1S/C18H23F3N2O/c1-12(2)23-10-15(17(16(23)24)8-5-9-22-11-17)13-6-3-4-7-14(13)18(19,20)21/h3-4,6-7,12,15,22H,5,8-11H2,1-2H3. The Morgan fingerprint density at radius 1 is 1.29 bits per heavy atom. The molecule has 132 valence electrons. The lowest BCUT2D eigenvalue weighted by molar-refractivity contribution is -0.141. The Morgan fingerprint density at radius 2 is 2.00 bits per heavy atom. The molecule has 2 heterocycles. The Hall–Kier alpha value is -1.56. The van der Waals surface area contributed by atoms with Gasteiger partial charge in [-0.25, -0.2) is 0 Å². The van der Waals surface area contributed by atoms with Gasteiger partial charge in [0.2, 0.25) is 5.91 Å². The number of hydrogen-bond donors (Lipinski definition) is 1. The number of carbonyl (C=O) groups is 1. The Kier molecular flexibility index (Phi) is 4.36. The third-order valence-electron chi connectivity index (χ3n) is 5.41. The Bertz CT molecular complexity index is 621. The first kappa shape index (κ1) is 17.3. The fraction of sp³-hybridized carbons (Fsp3) is 0.611. The maximum absolute atomic E-state index is 13.5. The van der Waals surface area contributed by atoms with Crippen molar-refractivity contribution in [1.29, 1.82) is 0 Å². The molecule has 2 fully saturated rings. The summed E-state index contributed by atoms with van der Waals surface area (Å²) in [7, 11) is 0. The molecule has 24 heavy (non-hydrogen) atoms. The van der Waals surface area contributed by atoms with E-state index >= 15 is 0 Å². The van der Waals surface area contributed by atoms with E-state index in [-0.39, 0.29) is 17.5 Å². The minimum absolute atomic E-state index is 0.00771. The van der Waals surface area contributed by atoms with Gasteiger partial charge in [-0.3, -0.25) is 4.79 Å². The van der Waals surface area contributed by atoms with Crippen molar-refractivity contribution in [3.05, 3.63) is 35.4 Å². The van der Waals surface area contributed by atoms with E-state index in [1.165, 1.54) is 6.07 Å². The number of rotatable bonds is 2. The molecule has 0 bridgehead atoms. The van der Waals surface area contributed by atoms with Crippen molar-refractivity contribution in [3.8, 4) is 0 Å². The molecule has 0 aromatic heterocycles. The molecule has 6 heteroatoms. The van der Waals surface area contributed by atoms with E-state index in [0.717, 1.165) is 19.0 Å². The van der Waals surface area contributed by atoms with Gasteiger partial charge in [-0.15, -0.1) is 0 Å². The van der Waals surface area contributed by atoms with Crippen LogP contribution in [0.15, 0.2) is 24.3 Å². The van der Waals surface area contributed by atoms with Crippen LogP contribution in [0, 0.1) is 5.41 Å². The average Bonchev–Trinajstić information content (AvgIpc) is 2.81. The fourth-order valence-electron chi connectivity index (χ4n) is 4.20. The second kappa shape index (κ2) is 6.06. The molecule has 2 atom stereocenters. The number of benzene rings is 1. The first-order chi connectivity index (χ1) is 11.3. The molecular weight excluding hydrogens is 317 g/mol. The average molecular weight is 340 g/mol. The highest BCUT2D eigenvalue weighted by atomic mass is 19.4. The first-order valence-corrected chi connectivity index (χ1v) is 8.45. The van der Waals surface area contributed by atoms with Crippen LogP contribution < -0.4 is 5.32 Å². The summed E-state index contributed by atoms with van der Waals surface area (Å²) >= 11 is 0. The summed E-state index contributed by atoms with van der Waals surface area (Å²) in [6.45, 7) is 5.45. The molecule has 2 saturated heterocycles. The summed E-state index contributed by atoms with van der Waals surface area (Å²) in [6, 6.07) is 5.70. The van der Waals surface area contributed by atoms with E-state index in [4.69, 9.17) is 0 Å². The molecule has 3 rings (SSSR count). The zero-order chi connectivity index (χ0) is 17.5. The fourth-order valence-corrected chi connectivity index (χ4v) is 4.20. The van der Waals surface area contributed by atoms with Crippen LogP contribution in [0.5, 0.6) is 0 Å². The number of nitrogens with one attached hydrogen (secondary N) is 1. The number of likely N-dealkylation sites (tertiary alicyclic amines) is 1. The number of carbonyl (C=O) groups excluding carboxylic acids is 1. The third kappa shape index (κ3) is 2.70. The SMILES string of the molecule is CC(C)N1CC(c2ccccc2C(F)(F)F)C2(CCCNC2)C1=O. The molecule has 2 aliphatic rings. The lowest BCUT2D eigenvalue weighted by Gasteiger charge is -2.37. The van der Waals surface area contributed by atoms with Crippen LogP contribution in [-0.4, -0.2) is 36.5 Å². The first-order valence-electron chi connectivity index (χ1n) is 8.45. The molecule has 0 aliphatic carbocycles. The van der Waals surface area contributed by atoms with Crippen LogP contribution in [0.2, 0.25) is 0 Å². The summed E-state index contributed by atoms with van der Waals surface area (Å²) in [5.74, 6) is -0.440. The molecular formula is C18H23F3N2O. The highest BCUT2D eigenvalue weighted by Crippen LogP contribution is 2.51. The predicted octanol–water partition coefficient (Wildman–Crippen LogP) is 3.41. The Morgan fingerprint density at radius 3 is 2.58 bits per heavy atom. The van der Waals surface area contributed by atoms with Crippen LogP contribution in [0.3, 0.4) is 0 Å². The van der Waals surface area contributed by atoms with Gasteiger partial charge in [-0.1, -0.05) is 18.2 Å². The number of nitrogens with zero attached hydrogens (tertiary/aromatic N) is 1. The van der Waals surface area contributed by atoms with Gasteiger partial charge < -0.3 is 10.2 Å². The lowest BCUT2D eigenvalue weighted by Crippen LogP contribution is -2.48. The van der Waals surface area contributed by atoms with Crippen molar-refractivity contribution in [2.24, 2.45) is 5.41 Å². The maximum Gasteiger partial charge on any atom is 0.416 e. The van der Waals surface area contributed by atoms with Gasteiger partial charge in [0.15, 0.2) is 0 Å². The Labute approximate surface area is 140 Å². The van der Waals surface area contributed by atoms with Crippen LogP contribution >= 0.6 is 0 Å². The largest absolute Gasteiger partial charge is 0.416 e. The van der Waals surface area contributed by atoms with Crippen LogP contribution in [0.4, 0.5) is 13.2 Å². The quantitative estimate of drug-likeness (QED) is 0.895. The molecule has 1 amide bonds. The molecule has 0 radical (unpaired) electrons. The number of amides is 1. The van der Waals surface area contributed by atoms with Gasteiger partial charge in [0.25, 0.3) is 0 Å². The maximum atomic E-state index is 13.5. The van der Waals surface area contributed by atoms with Crippen molar-refractivity contribution in [3.63, 3.8) is 0 Å². The smallest absolute Gasteiger partial charge is 0.339 e. The summed E-state index contributed by atoms with van der Waals surface area (Å²) in [5, 5.41) is 3.24. The summed E-state index contributed by atoms with van der Waals surface area (Å²) in [6.07, 6.45) is -2.96. The van der Waals surface area contributed by atoms with Gasteiger partial charge in [0, 0.05) is 25.0 Å². The van der Waals surface area contributed by atoms with E-state index in [9.17, 15) is 18.0 Å². The minimum Gasteiger partial charge on any atom is -0.339 e. The van der Waals surface area contributed by atoms with Gasteiger partial charge >= 0.3 is 6.18 Å². The van der Waals surface area contributed by atoms with E-state index in [0.29, 0.717) is 19.5 Å². The van der Waals surface area contributed by atoms with Crippen molar-refractivity contribution in [1.82, 2.24) is 10.2 Å². The number of piperidine rings is 1. The Balaban J connectivity index is 2.10. The topological polar surface area (TPSA) is 32.3 Å². The highest BCUT2D eigenvalue weighted by Gasteiger charge is 2.56. The number of alkyl halides is 3. The molecule has 1 spiro atoms. The number of halogens is 3. The van der Waals surface area contributed by atoms with E-state index in [2.05, 4.69) is 5.32 Å². The molecule has 1 aromatic rings. The van der Waals surface area contributed by atoms with Crippen LogP contribution in [0.1, 0.15) is 43.7 Å². The van der Waals surface area contributed by atoms with Gasteiger partial charge in [-0.05, 0) is 44.9 Å².